The highest BCUT2D eigenvalue weighted by Crippen LogP contribution is 2.27. The second-order valence-corrected chi connectivity index (χ2v) is 10.9. The fraction of sp³-hybridized carbons (Fsp3) is 0.297. The molecule has 0 saturated carbocycles. The Bertz CT molecular complexity index is 1350. The van der Waals surface area contributed by atoms with Crippen LogP contribution in [0.4, 0.5) is 0 Å². The van der Waals surface area contributed by atoms with Gasteiger partial charge >= 0.3 is 5.96 Å². The lowest BCUT2D eigenvalue weighted by atomic mass is 9.84. The number of nitrogens with two attached hydrogens (primary N) is 2. The number of amides is 1. The molecule has 0 heterocycles. The molecule has 1 amide bonds. The Morgan fingerprint density at radius 2 is 1.14 bits per heavy atom. The lowest BCUT2D eigenvalue weighted by Crippen LogP contribution is -2.88. The van der Waals surface area contributed by atoms with Crippen molar-refractivity contribution in [3.05, 3.63) is 132 Å². The maximum atomic E-state index is 13.4. The molecule has 4 rings (SSSR count). The van der Waals surface area contributed by atoms with E-state index in [4.69, 9.17) is 20.9 Å². The molecule has 0 bridgehead atoms. The van der Waals surface area contributed by atoms with Gasteiger partial charge in [0.15, 0.2) is 6.04 Å². The summed E-state index contributed by atoms with van der Waals surface area (Å²) in [5.74, 6) is 1.35. The van der Waals surface area contributed by atoms with E-state index >= 15 is 0 Å². The number of ether oxygens (including phenoxy) is 2. The highest BCUT2D eigenvalue weighted by Gasteiger charge is 2.32. The molecule has 0 spiro atoms. The summed E-state index contributed by atoms with van der Waals surface area (Å²) in [6, 6.07) is 37.2. The number of nitrogens with one attached hydrogen (secondary N) is 2. The zero-order valence-electron chi connectivity index (χ0n) is 25.4. The van der Waals surface area contributed by atoms with Gasteiger partial charge in [0.05, 0.1) is 12.5 Å². The lowest BCUT2D eigenvalue weighted by molar-refractivity contribution is -0.492. The first-order valence-corrected chi connectivity index (χ1v) is 15.5. The molecule has 4 aromatic carbocycles. The van der Waals surface area contributed by atoms with Gasteiger partial charge in [-0.2, -0.15) is 0 Å². The van der Waals surface area contributed by atoms with Crippen molar-refractivity contribution in [1.82, 2.24) is 5.32 Å². The third-order valence-electron chi connectivity index (χ3n) is 7.47. The van der Waals surface area contributed by atoms with E-state index in [1.165, 1.54) is 0 Å². The fourth-order valence-electron chi connectivity index (χ4n) is 5.20. The zero-order chi connectivity index (χ0) is 30.8. The Morgan fingerprint density at radius 3 is 1.70 bits per heavy atom. The molecule has 0 aromatic heterocycles. The van der Waals surface area contributed by atoms with Crippen molar-refractivity contribution < 1.29 is 19.3 Å². The van der Waals surface area contributed by atoms with Gasteiger partial charge in [-0.3, -0.25) is 21.3 Å². The maximum Gasteiger partial charge on any atom is 0.339 e. The van der Waals surface area contributed by atoms with E-state index < -0.39 is 6.04 Å². The Balaban J connectivity index is 1.12. The molecule has 6 N–H and O–H groups in total. The molecule has 0 radical (unpaired) electrons. The number of hydrogen-bond acceptors (Lipinski definition) is 3. The van der Waals surface area contributed by atoms with Crippen LogP contribution < -0.4 is 31.3 Å². The molecule has 0 unspecified atom stereocenters. The monoisotopic (exact) mass is 593 g/mol. The van der Waals surface area contributed by atoms with Crippen molar-refractivity contribution in [2.45, 2.75) is 57.1 Å². The number of unbranched alkanes of at least 4 members (excludes halogenated alkanes) is 5. The quantitative estimate of drug-likeness (QED) is 0.0762. The molecular formula is C37H45N4O3+. The SMILES string of the molecule is NC(N)=[NH+][C@H](C(=O)NCCCCCCCCOc1ccc(OCc2ccccc2)cc1)C(c1ccccc1)c1ccccc1. The average Bonchev–Trinajstić information content (AvgIpc) is 3.06. The Hall–Kier alpha value is -4.78. The van der Waals surface area contributed by atoms with Crippen molar-refractivity contribution >= 4 is 11.9 Å². The third kappa shape index (κ3) is 10.8. The molecule has 1 atom stereocenters. The summed E-state index contributed by atoms with van der Waals surface area (Å²) in [5.41, 5.74) is 14.8. The topological polar surface area (TPSA) is 114 Å². The minimum absolute atomic E-state index is 0.0239. The second kappa shape index (κ2) is 18.0. The van der Waals surface area contributed by atoms with E-state index in [9.17, 15) is 4.79 Å². The summed E-state index contributed by atoms with van der Waals surface area (Å²) < 4.78 is 11.7. The molecule has 7 nitrogen and oxygen atoms in total. The molecule has 0 saturated heterocycles. The van der Waals surface area contributed by atoms with E-state index in [1.54, 1.807) is 0 Å². The molecule has 44 heavy (non-hydrogen) atoms. The third-order valence-corrected chi connectivity index (χ3v) is 7.47. The summed E-state index contributed by atoms with van der Waals surface area (Å²) in [7, 11) is 0. The molecule has 0 aliphatic rings. The van der Waals surface area contributed by atoms with Crippen LogP contribution in [-0.2, 0) is 11.4 Å². The normalized spacial score (nSPS) is 11.5. The summed E-state index contributed by atoms with van der Waals surface area (Å²) in [4.78, 5) is 16.4. The summed E-state index contributed by atoms with van der Waals surface area (Å²) in [6.07, 6.45) is 6.33. The van der Waals surface area contributed by atoms with Gasteiger partial charge in [-0.05, 0) is 53.8 Å². The number of guanidine groups is 1. The van der Waals surface area contributed by atoms with Crippen LogP contribution >= 0.6 is 0 Å². The van der Waals surface area contributed by atoms with Gasteiger partial charge < -0.3 is 14.8 Å². The van der Waals surface area contributed by atoms with Crippen molar-refractivity contribution in [2.24, 2.45) is 11.5 Å². The average molecular weight is 594 g/mol. The van der Waals surface area contributed by atoms with Crippen LogP contribution in [0.3, 0.4) is 0 Å². The molecule has 4 aromatic rings. The van der Waals surface area contributed by atoms with Gasteiger partial charge in [0.25, 0.3) is 5.91 Å². The van der Waals surface area contributed by atoms with Gasteiger partial charge in [-0.15, -0.1) is 0 Å². The zero-order valence-corrected chi connectivity index (χ0v) is 25.4. The van der Waals surface area contributed by atoms with Crippen molar-refractivity contribution in [3.63, 3.8) is 0 Å². The largest absolute Gasteiger partial charge is 0.494 e. The molecule has 0 aliphatic carbocycles. The first kappa shape index (κ1) is 32.1. The first-order valence-electron chi connectivity index (χ1n) is 15.5. The standard InChI is InChI=1S/C37H44N4O3/c38-37(39)41-35(34(30-18-10-6-11-19-30)31-20-12-7-13-21-31)36(42)40-26-14-3-1-2-4-15-27-43-32-22-24-33(25-23-32)44-28-29-16-8-5-9-17-29/h5-13,16-25,34-35H,1-4,14-15,26-28H2,(H,40,42)(H4,38,39,41)/p+1/t35-/m0/s1. The van der Waals surface area contributed by atoms with Crippen molar-refractivity contribution in [3.8, 4) is 11.5 Å². The number of benzene rings is 4. The second-order valence-electron chi connectivity index (χ2n) is 10.9. The number of rotatable bonds is 18. The van der Waals surface area contributed by atoms with E-state index in [2.05, 4.69) is 22.4 Å². The van der Waals surface area contributed by atoms with E-state index in [-0.39, 0.29) is 17.8 Å². The van der Waals surface area contributed by atoms with Gasteiger partial charge in [0, 0.05) is 6.54 Å². The van der Waals surface area contributed by atoms with Gasteiger partial charge in [-0.25, -0.2) is 0 Å². The minimum Gasteiger partial charge on any atom is -0.494 e. The molecule has 7 heteroatoms. The first-order chi connectivity index (χ1) is 21.6. The summed E-state index contributed by atoms with van der Waals surface area (Å²) in [6.45, 7) is 1.85. The van der Waals surface area contributed by atoms with E-state index in [1.807, 2.05) is 103 Å². The maximum absolute atomic E-state index is 13.4. The van der Waals surface area contributed by atoms with Crippen LogP contribution in [0, 0.1) is 0 Å². The van der Waals surface area contributed by atoms with Crippen molar-refractivity contribution in [1.29, 1.82) is 0 Å². The number of carbonyl (C=O) groups is 1. The van der Waals surface area contributed by atoms with Crippen LogP contribution in [0.5, 0.6) is 11.5 Å². The number of carbonyl (C=O) groups excluding carboxylic acids is 1. The Morgan fingerprint density at radius 1 is 0.636 bits per heavy atom. The fourth-order valence-corrected chi connectivity index (χ4v) is 5.20. The van der Waals surface area contributed by atoms with Crippen LogP contribution in [0.25, 0.3) is 0 Å². The smallest absolute Gasteiger partial charge is 0.339 e. The van der Waals surface area contributed by atoms with E-state index in [0.29, 0.717) is 19.8 Å². The summed E-state index contributed by atoms with van der Waals surface area (Å²) >= 11 is 0. The Labute approximate surface area is 261 Å². The minimum atomic E-state index is -0.636. The Kier molecular flexibility index (Phi) is 13.2. The van der Waals surface area contributed by atoms with Crippen molar-refractivity contribution in [2.75, 3.05) is 13.2 Å². The summed E-state index contributed by atoms with van der Waals surface area (Å²) in [5, 5.41) is 3.10. The number of hydrogen-bond donors (Lipinski definition) is 4. The molecular weight excluding hydrogens is 548 g/mol. The highest BCUT2D eigenvalue weighted by molar-refractivity contribution is 5.83. The molecule has 0 fully saturated rings. The highest BCUT2D eigenvalue weighted by atomic mass is 16.5. The lowest BCUT2D eigenvalue weighted by Gasteiger charge is -2.24. The van der Waals surface area contributed by atoms with Gasteiger partial charge in [0.2, 0.25) is 0 Å². The predicted octanol–water partition coefficient (Wildman–Crippen LogP) is 4.66. The van der Waals surface area contributed by atoms with Gasteiger partial charge in [0.1, 0.15) is 18.1 Å². The predicted molar refractivity (Wildman–Crippen MR) is 176 cm³/mol. The molecule has 230 valence electrons. The molecule has 0 aliphatic heterocycles. The van der Waals surface area contributed by atoms with Crippen LogP contribution in [-0.4, -0.2) is 31.1 Å². The van der Waals surface area contributed by atoms with Crippen LogP contribution in [0.1, 0.15) is 61.1 Å². The van der Waals surface area contributed by atoms with E-state index in [0.717, 1.165) is 66.7 Å². The van der Waals surface area contributed by atoms with Crippen LogP contribution in [0.2, 0.25) is 0 Å². The van der Waals surface area contributed by atoms with Gasteiger partial charge in [-0.1, -0.05) is 117 Å². The van der Waals surface area contributed by atoms with Crippen LogP contribution in [0.15, 0.2) is 115 Å².